The van der Waals surface area contributed by atoms with Gasteiger partial charge >= 0.3 is 6.09 Å². The van der Waals surface area contributed by atoms with Crippen molar-refractivity contribution in [1.82, 2.24) is 15.5 Å². The molecule has 8 heteroatoms. The lowest BCUT2D eigenvalue weighted by molar-refractivity contribution is -0.137. The maximum Gasteiger partial charge on any atom is 0.408 e. The zero-order chi connectivity index (χ0) is 24.9. The Labute approximate surface area is 202 Å². The smallest absolute Gasteiger partial charge is 0.408 e. The van der Waals surface area contributed by atoms with Gasteiger partial charge in [0.15, 0.2) is 5.78 Å². The topological polar surface area (TPSA) is 105 Å². The summed E-state index contributed by atoms with van der Waals surface area (Å²) < 4.78 is 5.27. The van der Waals surface area contributed by atoms with Gasteiger partial charge in [-0.25, -0.2) is 4.79 Å². The maximum atomic E-state index is 13.1. The lowest BCUT2D eigenvalue weighted by atomic mass is 9.99. The molecule has 34 heavy (non-hydrogen) atoms. The molecular weight excluding hydrogens is 434 g/mol. The van der Waals surface area contributed by atoms with E-state index >= 15 is 0 Å². The van der Waals surface area contributed by atoms with Gasteiger partial charge in [-0.1, -0.05) is 63.9 Å². The van der Waals surface area contributed by atoms with E-state index in [0.29, 0.717) is 25.9 Å². The molecular formula is C26H39N3O5. The molecule has 1 aromatic carbocycles. The molecule has 1 heterocycles. The molecule has 0 aromatic heterocycles. The molecule has 1 aliphatic rings. The van der Waals surface area contributed by atoms with E-state index < -0.39 is 24.1 Å². The van der Waals surface area contributed by atoms with E-state index in [1.54, 1.807) is 4.90 Å². The molecule has 0 aliphatic carbocycles. The van der Waals surface area contributed by atoms with Gasteiger partial charge in [-0.2, -0.15) is 0 Å². The van der Waals surface area contributed by atoms with Crippen LogP contribution >= 0.6 is 0 Å². The fourth-order valence-electron chi connectivity index (χ4n) is 3.95. The zero-order valence-corrected chi connectivity index (χ0v) is 20.7. The first-order valence-electron chi connectivity index (χ1n) is 12.4. The number of hydrogen-bond acceptors (Lipinski definition) is 5. The minimum atomic E-state index is -0.838. The second-order valence-electron chi connectivity index (χ2n) is 9.32. The van der Waals surface area contributed by atoms with Crippen molar-refractivity contribution in [3.8, 4) is 0 Å². The summed E-state index contributed by atoms with van der Waals surface area (Å²) in [5, 5.41) is 5.45. The van der Waals surface area contributed by atoms with Crippen molar-refractivity contribution in [2.75, 3.05) is 13.1 Å². The van der Waals surface area contributed by atoms with E-state index in [4.69, 9.17) is 4.74 Å². The molecule has 8 nitrogen and oxygen atoms in total. The molecule has 2 N–H and O–H groups in total. The van der Waals surface area contributed by atoms with Gasteiger partial charge in [0, 0.05) is 13.1 Å². The number of Topliss-reactive ketones (excluding diaryl/α,β-unsaturated/α-hetero) is 1. The quantitative estimate of drug-likeness (QED) is 0.426. The van der Waals surface area contributed by atoms with E-state index in [2.05, 4.69) is 10.6 Å². The van der Waals surface area contributed by atoms with Crippen LogP contribution in [0.2, 0.25) is 0 Å². The number of hydrogen-bond donors (Lipinski definition) is 2. The number of ether oxygens (including phenoxy) is 1. The summed E-state index contributed by atoms with van der Waals surface area (Å²) in [6.07, 6.45) is 3.47. The Balaban J connectivity index is 1.98. The van der Waals surface area contributed by atoms with Crippen molar-refractivity contribution in [2.45, 2.75) is 84.4 Å². The molecule has 1 aliphatic heterocycles. The molecule has 0 saturated carbocycles. The summed E-state index contributed by atoms with van der Waals surface area (Å²) >= 11 is 0. The lowest BCUT2D eigenvalue weighted by Crippen LogP contribution is -2.52. The number of alkyl carbamates (subject to hydrolysis) is 1. The number of rotatable bonds is 13. The Morgan fingerprint density at radius 3 is 2.29 bits per heavy atom. The Bertz CT molecular complexity index is 806. The second-order valence-corrected chi connectivity index (χ2v) is 9.32. The van der Waals surface area contributed by atoms with E-state index in [1.807, 2.05) is 51.1 Å². The van der Waals surface area contributed by atoms with E-state index in [0.717, 1.165) is 31.2 Å². The SMILES string of the molecule is CCCC[C@H](NC(=O)[C@H](CC(C)C)NC(=O)OCc1ccccc1)C(=O)CC(=O)N1CCCC1. The number of carbonyl (C=O) groups is 4. The number of likely N-dealkylation sites (tertiary alicyclic amines) is 1. The number of amides is 3. The molecule has 188 valence electrons. The molecule has 0 unspecified atom stereocenters. The summed E-state index contributed by atoms with van der Waals surface area (Å²) in [4.78, 5) is 52.5. The summed E-state index contributed by atoms with van der Waals surface area (Å²) in [7, 11) is 0. The summed E-state index contributed by atoms with van der Waals surface area (Å²) in [6.45, 7) is 7.37. The molecule has 1 aromatic rings. The third-order valence-corrected chi connectivity index (χ3v) is 5.86. The van der Waals surface area contributed by atoms with Crippen molar-refractivity contribution >= 4 is 23.7 Å². The highest BCUT2D eigenvalue weighted by atomic mass is 16.5. The number of carbonyl (C=O) groups excluding carboxylic acids is 4. The highest BCUT2D eigenvalue weighted by Gasteiger charge is 2.29. The normalized spacial score (nSPS) is 15.0. The number of benzene rings is 1. The van der Waals surface area contributed by atoms with E-state index in [1.165, 1.54) is 0 Å². The lowest BCUT2D eigenvalue weighted by Gasteiger charge is -2.24. The van der Waals surface area contributed by atoms with Gasteiger partial charge in [0.1, 0.15) is 12.6 Å². The minimum Gasteiger partial charge on any atom is -0.445 e. The van der Waals surface area contributed by atoms with Crippen LogP contribution in [-0.4, -0.2) is 53.8 Å². The highest BCUT2D eigenvalue weighted by Crippen LogP contribution is 2.13. The van der Waals surface area contributed by atoms with Gasteiger partial charge in [-0.15, -0.1) is 0 Å². The number of nitrogens with zero attached hydrogens (tertiary/aromatic N) is 1. The van der Waals surface area contributed by atoms with Gasteiger partial charge in [-0.05, 0) is 37.2 Å². The fourth-order valence-corrected chi connectivity index (χ4v) is 3.95. The first kappa shape index (κ1) is 27.3. The minimum absolute atomic E-state index is 0.0961. The predicted molar refractivity (Wildman–Crippen MR) is 130 cm³/mol. The Morgan fingerprint density at radius 1 is 1.00 bits per heavy atom. The van der Waals surface area contributed by atoms with Crippen LogP contribution in [0.4, 0.5) is 4.79 Å². The monoisotopic (exact) mass is 473 g/mol. The van der Waals surface area contributed by atoms with E-state index in [-0.39, 0.29) is 30.6 Å². The van der Waals surface area contributed by atoms with Crippen molar-refractivity contribution in [3.63, 3.8) is 0 Å². The molecule has 0 radical (unpaired) electrons. The maximum absolute atomic E-state index is 13.1. The zero-order valence-electron chi connectivity index (χ0n) is 20.7. The van der Waals surface area contributed by atoms with Crippen LogP contribution in [0.15, 0.2) is 30.3 Å². The van der Waals surface area contributed by atoms with Crippen molar-refractivity contribution in [3.05, 3.63) is 35.9 Å². The Morgan fingerprint density at radius 2 is 1.68 bits per heavy atom. The first-order valence-corrected chi connectivity index (χ1v) is 12.4. The van der Waals surface area contributed by atoms with Gasteiger partial charge in [0.05, 0.1) is 12.5 Å². The summed E-state index contributed by atoms with van der Waals surface area (Å²) in [5.41, 5.74) is 0.843. The molecule has 2 atom stereocenters. The third kappa shape index (κ3) is 9.53. The fraction of sp³-hybridized carbons (Fsp3) is 0.615. The first-order chi connectivity index (χ1) is 16.3. The molecule has 1 saturated heterocycles. The molecule has 2 rings (SSSR count). The number of nitrogens with one attached hydrogen (secondary N) is 2. The van der Waals surface area contributed by atoms with Crippen LogP contribution in [0.25, 0.3) is 0 Å². The van der Waals surface area contributed by atoms with Gasteiger partial charge in [-0.3, -0.25) is 14.4 Å². The number of ketones is 1. The van der Waals surface area contributed by atoms with Crippen LogP contribution in [0.5, 0.6) is 0 Å². The second kappa shape index (κ2) is 14.4. The average Bonchev–Trinajstić information content (AvgIpc) is 3.35. The summed E-state index contributed by atoms with van der Waals surface area (Å²) in [6, 6.07) is 7.69. The van der Waals surface area contributed by atoms with Crippen LogP contribution in [0, 0.1) is 5.92 Å². The van der Waals surface area contributed by atoms with Gasteiger partial charge in [0.25, 0.3) is 0 Å². The highest BCUT2D eigenvalue weighted by molar-refractivity contribution is 6.02. The molecule has 1 fully saturated rings. The Kier molecular flexibility index (Phi) is 11.6. The standard InChI is InChI=1S/C26H39N3O5/c1-4-5-13-21(23(30)17-24(31)29-14-9-10-15-29)27-25(32)22(16-19(2)3)28-26(33)34-18-20-11-7-6-8-12-20/h6-8,11-12,19,21-22H,4-5,9-10,13-18H2,1-3H3,(H,27,32)(H,28,33)/t21-,22-/m0/s1. The van der Waals surface area contributed by atoms with Crippen molar-refractivity contribution < 1.29 is 23.9 Å². The third-order valence-electron chi connectivity index (χ3n) is 5.86. The van der Waals surface area contributed by atoms with E-state index in [9.17, 15) is 19.2 Å². The van der Waals surface area contributed by atoms with Crippen LogP contribution in [0.3, 0.4) is 0 Å². The molecule has 3 amide bonds. The van der Waals surface area contributed by atoms with Crippen LogP contribution in [-0.2, 0) is 25.7 Å². The largest absolute Gasteiger partial charge is 0.445 e. The van der Waals surface area contributed by atoms with Gasteiger partial charge in [0.2, 0.25) is 11.8 Å². The van der Waals surface area contributed by atoms with Crippen LogP contribution < -0.4 is 10.6 Å². The van der Waals surface area contributed by atoms with Crippen molar-refractivity contribution in [2.24, 2.45) is 5.92 Å². The Hall–Kier alpha value is -2.90. The van der Waals surface area contributed by atoms with Crippen molar-refractivity contribution in [1.29, 1.82) is 0 Å². The summed E-state index contributed by atoms with van der Waals surface area (Å²) in [5.74, 6) is -0.770. The molecule has 0 bridgehead atoms. The average molecular weight is 474 g/mol. The van der Waals surface area contributed by atoms with Crippen LogP contribution in [0.1, 0.15) is 71.3 Å². The van der Waals surface area contributed by atoms with Gasteiger partial charge < -0.3 is 20.3 Å². The molecule has 0 spiro atoms. The predicted octanol–water partition coefficient (Wildman–Crippen LogP) is 3.58. The number of unbranched alkanes of at least 4 members (excludes halogenated alkanes) is 1.